The molecule has 492 valence electrons. The Labute approximate surface area is 520 Å². The molecule has 0 spiro atoms. The lowest BCUT2D eigenvalue weighted by atomic mass is 10.0. The summed E-state index contributed by atoms with van der Waals surface area (Å²) < 4.78 is 5.50. The van der Waals surface area contributed by atoms with Crippen molar-refractivity contribution in [2.24, 2.45) is 0 Å². The molecule has 0 aromatic carbocycles. The molecule has 0 aliphatic carbocycles. The van der Waals surface area contributed by atoms with Crippen molar-refractivity contribution in [2.75, 3.05) is 13.2 Å². The first-order chi connectivity index (χ1) is 41.0. The fraction of sp³-hybridized carbons (Fsp3) is 0.922. The van der Waals surface area contributed by atoms with E-state index in [2.05, 4.69) is 43.5 Å². The van der Waals surface area contributed by atoms with Gasteiger partial charge in [-0.25, -0.2) is 0 Å². The molecule has 6 nitrogen and oxygen atoms in total. The Morgan fingerprint density at radius 3 is 0.916 bits per heavy atom. The summed E-state index contributed by atoms with van der Waals surface area (Å²) in [4.78, 5) is 24.7. The highest BCUT2D eigenvalue weighted by molar-refractivity contribution is 5.76. The molecule has 0 fully saturated rings. The monoisotopic (exact) mass is 1170 g/mol. The number of hydrogen-bond acceptors (Lipinski definition) is 5. The Morgan fingerprint density at radius 1 is 0.337 bits per heavy atom. The van der Waals surface area contributed by atoms with Gasteiger partial charge in [0, 0.05) is 12.8 Å². The van der Waals surface area contributed by atoms with E-state index >= 15 is 0 Å². The molecule has 3 N–H and O–H groups in total. The lowest BCUT2D eigenvalue weighted by Crippen LogP contribution is -2.45. The van der Waals surface area contributed by atoms with Gasteiger partial charge in [-0.15, -0.1) is 0 Å². The minimum atomic E-state index is -0.670. The van der Waals surface area contributed by atoms with Crippen LogP contribution in [0.1, 0.15) is 431 Å². The highest BCUT2D eigenvalue weighted by Gasteiger charge is 2.20. The minimum Gasteiger partial charge on any atom is -0.466 e. The first-order valence-corrected chi connectivity index (χ1v) is 38.1. The summed E-state index contributed by atoms with van der Waals surface area (Å²) in [6.45, 7) is 5.00. The highest BCUT2D eigenvalue weighted by atomic mass is 16.5. The van der Waals surface area contributed by atoms with E-state index in [0.717, 1.165) is 44.9 Å². The molecule has 0 rings (SSSR count). The molecule has 0 radical (unpaired) electrons. The number of hydrogen-bond donors (Lipinski definition) is 3. The normalized spacial score (nSPS) is 12.6. The number of carbonyl (C=O) groups is 2. The molecule has 83 heavy (non-hydrogen) atoms. The second-order valence-electron chi connectivity index (χ2n) is 26.3. The van der Waals surface area contributed by atoms with Gasteiger partial charge in [0.05, 0.1) is 25.4 Å². The Kier molecular flexibility index (Phi) is 71.4. The predicted octanol–water partition coefficient (Wildman–Crippen LogP) is 24.9. The Balaban J connectivity index is 3.41. The van der Waals surface area contributed by atoms with Crippen molar-refractivity contribution in [1.29, 1.82) is 0 Å². The fourth-order valence-corrected chi connectivity index (χ4v) is 12.2. The topological polar surface area (TPSA) is 95.9 Å². The number of allylic oxidation sites excluding steroid dienone is 4. The summed E-state index contributed by atoms with van der Waals surface area (Å²) in [6.07, 6.45) is 92.4. The summed E-state index contributed by atoms with van der Waals surface area (Å²) in [6, 6.07) is -0.548. The molecule has 2 atom stereocenters. The van der Waals surface area contributed by atoms with Crippen molar-refractivity contribution < 1.29 is 24.5 Å². The largest absolute Gasteiger partial charge is 0.466 e. The maximum absolute atomic E-state index is 12.6. The molecule has 0 aromatic heterocycles. The van der Waals surface area contributed by atoms with Crippen molar-refractivity contribution in [3.63, 3.8) is 0 Å². The van der Waals surface area contributed by atoms with Crippen LogP contribution in [0.15, 0.2) is 24.3 Å². The summed E-state index contributed by atoms with van der Waals surface area (Å²) in [7, 11) is 0. The minimum absolute atomic E-state index is 0.0136. The van der Waals surface area contributed by atoms with Crippen LogP contribution in [-0.4, -0.2) is 47.4 Å². The van der Waals surface area contributed by atoms with E-state index in [1.807, 2.05) is 0 Å². The molecule has 0 saturated carbocycles. The fourth-order valence-electron chi connectivity index (χ4n) is 12.2. The summed E-state index contributed by atoms with van der Waals surface area (Å²) >= 11 is 0. The zero-order valence-corrected chi connectivity index (χ0v) is 56.5. The zero-order valence-electron chi connectivity index (χ0n) is 56.5. The lowest BCUT2D eigenvalue weighted by Gasteiger charge is -2.22. The van der Waals surface area contributed by atoms with Crippen LogP contribution < -0.4 is 5.32 Å². The van der Waals surface area contributed by atoms with E-state index in [1.165, 1.54) is 353 Å². The molecule has 0 aromatic rings. The Bertz CT molecular complexity index is 1300. The molecule has 1 amide bonds. The third kappa shape index (κ3) is 69.3. The quantitative estimate of drug-likeness (QED) is 0.0320. The number of carbonyl (C=O) groups excluding carboxylic acids is 2. The number of aliphatic hydroxyl groups is 2. The molecule has 0 saturated heterocycles. The molecule has 2 unspecified atom stereocenters. The summed E-state index contributed by atoms with van der Waals surface area (Å²) in [5, 5.41) is 23.5. The number of aliphatic hydroxyl groups excluding tert-OH is 2. The van der Waals surface area contributed by atoms with Crippen LogP contribution in [-0.2, 0) is 14.3 Å². The SMILES string of the molecule is CCCCCCCCCCCCCCCCCCCCCCCCCCCC(O)C(CO)NC(=O)CCCCCCCCCCC/C=C\C/C=C\CCCCCCCCCCCOC(=O)CCCCCCCCCCCCCCCCCC. The summed E-state index contributed by atoms with van der Waals surface area (Å²) in [5.41, 5.74) is 0. The maximum Gasteiger partial charge on any atom is 0.305 e. The Morgan fingerprint density at radius 2 is 0.602 bits per heavy atom. The molecule has 0 bridgehead atoms. The molecule has 0 heterocycles. The van der Waals surface area contributed by atoms with Crippen molar-refractivity contribution in [1.82, 2.24) is 5.32 Å². The van der Waals surface area contributed by atoms with Crippen molar-refractivity contribution in [2.45, 2.75) is 443 Å². The van der Waals surface area contributed by atoms with E-state index in [1.54, 1.807) is 0 Å². The van der Waals surface area contributed by atoms with E-state index in [0.29, 0.717) is 25.9 Å². The highest BCUT2D eigenvalue weighted by Crippen LogP contribution is 2.20. The average Bonchev–Trinajstić information content (AvgIpc) is 3.49. The molecule has 0 aliphatic heterocycles. The average molecular weight is 1170 g/mol. The standard InChI is InChI=1S/C77H149NO5/c1-3-5-7-9-11-13-15-17-19-21-22-23-24-26-29-32-35-38-41-45-49-53-57-61-65-69-75(80)74(73-79)78-76(81)70-66-62-58-54-50-46-42-39-36-33-30-27-25-28-31-34-37-40-44-48-52-56-60-64-68-72-83-77(82)71-67-63-59-55-51-47-43-20-18-16-14-12-10-8-6-4-2/h27-28,30-31,74-75,79-80H,3-26,29,32-73H2,1-2H3,(H,78,81)/b30-27-,31-28-. The van der Waals surface area contributed by atoms with Gasteiger partial charge in [0.25, 0.3) is 0 Å². The van der Waals surface area contributed by atoms with Crippen molar-refractivity contribution in [3.05, 3.63) is 24.3 Å². The molecular formula is C77H149NO5. The van der Waals surface area contributed by atoms with E-state index in [-0.39, 0.29) is 18.5 Å². The zero-order chi connectivity index (χ0) is 59.9. The predicted molar refractivity (Wildman–Crippen MR) is 366 cm³/mol. The number of esters is 1. The van der Waals surface area contributed by atoms with Crippen molar-refractivity contribution in [3.8, 4) is 0 Å². The summed E-state index contributed by atoms with van der Waals surface area (Å²) in [5.74, 6) is -0.0221. The van der Waals surface area contributed by atoms with Crippen LogP contribution >= 0.6 is 0 Å². The van der Waals surface area contributed by atoms with Crippen LogP contribution in [0.5, 0.6) is 0 Å². The van der Waals surface area contributed by atoms with E-state index in [9.17, 15) is 19.8 Å². The van der Waals surface area contributed by atoms with Crippen LogP contribution in [0, 0.1) is 0 Å². The first kappa shape index (κ1) is 81.3. The van der Waals surface area contributed by atoms with Gasteiger partial charge in [-0.2, -0.15) is 0 Å². The lowest BCUT2D eigenvalue weighted by molar-refractivity contribution is -0.143. The third-order valence-corrected chi connectivity index (χ3v) is 18.0. The smallest absolute Gasteiger partial charge is 0.305 e. The van der Waals surface area contributed by atoms with Gasteiger partial charge in [-0.05, 0) is 57.8 Å². The van der Waals surface area contributed by atoms with Gasteiger partial charge in [-0.3, -0.25) is 9.59 Å². The second-order valence-corrected chi connectivity index (χ2v) is 26.3. The first-order valence-electron chi connectivity index (χ1n) is 38.1. The molecule has 6 heteroatoms. The van der Waals surface area contributed by atoms with Crippen LogP contribution in [0.2, 0.25) is 0 Å². The van der Waals surface area contributed by atoms with Crippen LogP contribution in [0.3, 0.4) is 0 Å². The number of unbranched alkanes of at least 4 members (excludes halogenated alkanes) is 57. The van der Waals surface area contributed by atoms with Crippen LogP contribution in [0.25, 0.3) is 0 Å². The van der Waals surface area contributed by atoms with E-state index < -0.39 is 12.1 Å². The molecule has 0 aliphatic rings. The number of nitrogens with one attached hydrogen (secondary N) is 1. The molecular weight excluding hydrogens is 1020 g/mol. The third-order valence-electron chi connectivity index (χ3n) is 18.0. The van der Waals surface area contributed by atoms with Gasteiger partial charge >= 0.3 is 5.97 Å². The maximum atomic E-state index is 12.6. The van der Waals surface area contributed by atoms with Gasteiger partial charge in [-0.1, -0.05) is 385 Å². The van der Waals surface area contributed by atoms with Gasteiger partial charge < -0.3 is 20.3 Å². The van der Waals surface area contributed by atoms with E-state index in [4.69, 9.17) is 4.74 Å². The Hall–Kier alpha value is -1.66. The van der Waals surface area contributed by atoms with Gasteiger partial charge in [0.2, 0.25) is 5.91 Å². The number of rotatable bonds is 72. The van der Waals surface area contributed by atoms with Crippen LogP contribution in [0.4, 0.5) is 0 Å². The second kappa shape index (κ2) is 72.8. The number of amides is 1. The van der Waals surface area contributed by atoms with Gasteiger partial charge in [0.15, 0.2) is 0 Å². The van der Waals surface area contributed by atoms with Crippen molar-refractivity contribution >= 4 is 11.9 Å². The van der Waals surface area contributed by atoms with Gasteiger partial charge in [0.1, 0.15) is 0 Å². The number of ether oxygens (including phenoxy) is 1.